The van der Waals surface area contributed by atoms with Crippen LogP contribution in [0, 0.1) is 12.7 Å². The van der Waals surface area contributed by atoms with Crippen LogP contribution in [-0.2, 0) is 16.1 Å². The van der Waals surface area contributed by atoms with Crippen LogP contribution in [0.25, 0.3) is 0 Å². The highest BCUT2D eigenvalue weighted by atomic mass is 32.1. The molecule has 0 saturated heterocycles. The first kappa shape index (κ1) is 20.0. The standard InChI is InChI=1S/C22H20FN3O3S/c1-15-24-17(14-30-15)12-26(18-8-6-16(23)7-9-18)21(27)10-11-25-19-4-2-3-5-20(19)29-13-22(25)28/h2-9,14H,10-13H2,1H3. The lowest BCUT2D eigenvalue weighted by Crippen LogP contribution is -2.41. The first-order valence-electron chi connectivity index (χ1n) is 9.50. The van der Waals surface area contributed by atoms with E-state index in [4.69, 9.17) is 4.74 Å². The molecule has 0 spiro atoms. The van der Waals surface area contributed by atoms with Gasteiger partial charge in [-0.1, -0.05) is 12.1 Å². The SMILES string of the molecule is Cc1nc(CN(C(=O)CCN2C(=O)COc3ccccc32)c2ccc(F)cc2)cs1. The maximum Gasteiger partial charge on any atom is 0.265 e. The van der Waals surface area contributed by atoms with E-state index >= 15 is 0 Å². The zero-order chi connectivity index (χ0) is 21.1. The Morgan fingerprint density at radius 3 is 2.73 bits per heavy atom. The highest BCUT2D eigenvalue weighted by molar-refractivity contribution is 7.09. The third kappa shape index (κ3) is 4.33. The number of nitrogens with zero attached hydrogens (tertiary/aromatic N) is 3. The van der Waals surface area contributed by atoms with Crippen LogP contribution in [0.15, 0.2) is 53.9 Å². The Labute approximate surface area is 177 Å². The van der Waals surface area contributed by atoms with E-state index in [0.29, 0.717) is 17.1 Å². The highest BCUT2D eigenvalue weighted by Gasteiger charge is 2.27. The molecule has 3 aromatic rings. The van der Waals surface area contributed by atoms with Gasteiger partial charge >= 0.3 is 0 Å². The Hall–Kier alpha value is -3.26. The summed E-state index contributed by atoms with van der Waals surface area (Å²) in [5, 5.41) is 2.81. The molecule has 2 heterocycles. The maximum atomic E-state index is 13.4. The molecule has 0 unspecified atom stereocenters. The Bertz CT molecular complexity index is 1070. The Morgan fingerprint density at radius 2 is 2.00 bits per heavy atom. The van der Waals surface area contributed by atoms with Crippen LogP contribution in [0.5, 0.6) is 5.75 Å². The lowest BCUT2D eigenvalue weighted by Gasteiger charge is -2.30. The lowest BCUT2D eigenvalue weighted by atomic mass is 10.2. The smallest absolute Gasteiger partial charge is 0.265 e. The van der Waals surface area contributed by atoms with Gasteiger partial charge in [0.2, 0.25) is 5.91 Å². The molecule has 0 saturated carbocycles. The predicted molar refractivity (Wildman–Crippen MR) is 113 cm³/mol. The minimum Gasteiger partial charge on any atom is -0.482 e. The molecule has 1 aliphatic rings. The molecular formula is C22H20FN3O3S. The van der Waals surface area contributed by atoms with Gasteiger partial charge in [0, 0.05) is 24.0 Å². The van der Waals surface area contributed by atoms with E-state index in [9.17, 15) is 14.0 Å². The fourth-order valence-electron chi connectivity index (χ4n) is 3.33. The van der Waals surface area contributed by atoms with Crippen molar-refractivity contribution in [3.63, 3.8) is 0 Å². The summed E-state index contributed by atoms with van der Waals surface area (Å²) < 4.78 is 18.8. The second-order valence-electron chi connectivity index (χ2n) is 6.87. The van der Waals surface area contributed by atoms with Gasteiger partial charge < -0.3 is 14.5 Å². The summed E-state index contributed by atoms with van der Waals surface area (Å²) in [6.07, 6.45) is 0.112. The van der Waals surface area contributed by atoms with Crippen LogP contribution in [0.3, 0.4) is 0 Å². The van der Waals surface area contributed by atoms with Gasteiger partial charge in [-0.25, -0.2) is 9.37 Å². The Morgan fingerprint density at radius 1 is 1.23 bits per heavy atom. The average molecular weight is 425 g/mol. The van der Waals surface area contributed by atoms with Crippen LogP contribution >= 0.6 is 11.3 Å². The lowest BCUT2D eigenvalue weighted by molar-refractivity contribution is -0.121. The summed E-state index contributed by atoms with van der Waals surface area (Å²) in [5.74, 6) is -0.113. The van der Waals surface area contributed by atoms with Gasteiger partial charge in [0.25, 0.3) is 5.91 Å². The van der Waals surface area contributed by atoms with Crippen LogP contribution in [0.4, 0.5) is 15.8 Å². The van der Waals surface area contributed by atoms with Crippen LogP contribution in [0.2, 0.25) is 0 Å². The number of ether oxygens (including phenoxy) is 1. The number of thiazole rings is 1. The van der Waals surface area contributed by atoms with Gasteiger partial charge in [-0.05, 0) is 43.3 Å². The summed E-state index contributed by atoms with van der Waals surface area (Å²) in [6.45, 7) is 2.36. The molecule has 154 valence electrons. The van der Waals surface area contributed by atoms with Crippen molar-refractivity contribution < 1.29 is 18.7 Å². The van der Waals surface area contributed by atoms with Gasteiger partial charge in [0.1, 0.15) is 11.6 Å². The number of benzene rings is 2. The molecule has 0 radical (unpaired) electrons. The molecular weight excluding hydrogens is 405 g/mol. The molecule has 0 aliphatic carbocycles. The third-order valence-electron chi connectivity index (χ3n) is 4.78. The largest absolute Gasteiger partial charge is 0.482 e. The van der Waals surface area contributed by atoms with Crippen LogP contribution < -0.4 is 14.5 Å². The fraction of sp³-hybridized carbons (Fsp3) is 0.227. The molecule has 30 heavy (non-hydrogen) atoms. The monoisotopic (exact) mass is 425 g/mol. The van der Waals surface area contributed by atoms with Crippen molar-refractivity contribution in [3.05, 3.63) is 70.4 Å². The second-order valence-corrected chi connectivity index (χ2v) is 7.93. The molecule has 0 atom stereocenters. The first-order chi connectivity index (χ1) is 14.5. The number of para-hydroxylation sites is 2. The van der Waals surface area contributed by atoms with E-state index in [1.807, 2.05) is 24.4 Å². The zero-order valence-electron chi connectivity index (χ0n) is 16.4. The third-order valence-corrected chi connectivity index (χ3v) is 5.61. The van der Waals surface area contributed by atoms with Crippen molar-refractivity contribution in [1.29, 1.82) is 0 Å². The zero-order valence-corrected chi connectivity index (χ0v) is 17.2. The van der Waals surface area contributed by atoms with E-state index in [1.54, 1.807) is 34.1 Å². The van der Waals surface area contributed by atoms with Gasteiger partial charge in [0.05, 0.1) is 22.9 Å². The summed E-state index contributed by atoms with van der Waals surface area (Å²) in [7, 11) is 0. The van der Waals surface area contributed by atoms with Crippen molar-refractivity contribution in [2.75, 3.05) is 23.0 Å². The topological polar surface area (TPSA) is 62.7 Å². The van der Waals surface area contributed by atoms with E-state index in [2.05, 4.69) is 4.98 Å². The Balaban J connectivity index is 1.53. The second kappa shape index (κ2) is 8.62. The van der Waals surface area contributed by atoms with Gasteiger partial charge in [-0.3, -0.25) is 9.59 Å². The number of aryl methyl sites for hydroxylation is 1. The minimum atomic E-state index is -0.369. The normalized spacial score (nSPS) is 13.0. The molecule has 6 nitrogen and oxygen atoms in total. The Kier molecular flexibility index (Phi) is 5.76. The molecule has 2 aromatic carbocycles. The summed E-state index contributed by atoms with van der Waals surface area (Å²) >= 11 is 1.51. The molecule has 0 N–H and O–H groups in total. The number of anilines is 2. The van der Waals surface area contributed by atoms with Crippen molar-refractivity contribution in [3.8, 4) is 5.75 Å². The van der Waals surface area contributed by atoms with E-state index in [1.165, 1.54) is 23.5 Å². The number of fused-ring (bicyclic) bond motifs is 1. The van der Waals surface area contributed by atoms with Gasteiger partial charge in [0.15, 0.2) is 6.61 Å². The van der Waals surface area contributed by atoms with Crippen molar-refractivity contribution in [2.24, 2.45) is 0 Å². The first-order valence-corrected chi connectivity index (χ1v) is 10.4. The molecule has 1 aromatic heterocycles. The summed E-state index contributed by atoms with van der Waals surface area (Å²) in [5.41, 5.74) is 2.01. The highest BCUT2D eigenvalue weighted by Crippen LogP contribution is 2.31. The number of hydrogen-bond donors (Lipinski definition) is 0. The molecule has 0 bridgehead atoms. The number of rotatable bonds is 6. The quantitative estimate of drug-likeness (QED) is 0.600. The number of amides is 2. The molecule has 1 aliphatic heterocycles. The molecule has 0 fully saturated rings. The van der Waals surface area contributed by atoms with Crippen molar-refractivity contribution in [1.82, 2.24) is 4.98 Å². The van der Waals surface area contributed by atoms with E-state index < -0.39 is 0 Å². The number of carbonyl (C=O) groups is 2. The van der Waals surface area contributed by atoms with Gasteiger partial charge in [-0.15, -0.1) is 11.3 Å². The number of aromatic nitrogens is 1. The van der Waals surface area contributed by atoms with Crippen molar-refractivity contribution >= 4 is 34.5 Å². The number of hydrogen-bond acceptors (Lipinski definition) is 5. The van der Waals surface area contributed by atoms with Gasteiger partial charge in [-0.2, -0.15) is 0 Å². The summed E-state index contributed by atoms with van der Waals surface area (Å²) in [6, 6.07) is 13.0. The number of carbonyl (C=O) groups excluding carboxylic acids is 2. The van der Waals surface area contributed by atoms with Crippen molar-refractivity contribution in [2.45, 2.75) is 19.9 Å². The average Bonchev–Trinajstić information content (AvgIpc) is 3.16. The molecule has 2 amide bonds. The molecule has 8 heteroatoms. The summed E-state index contributed by atoms with van der Waals surface area (Å²) in [4.78, 5) is 33.1. The van der Waals surface area contributed by atoms with E-state index in [-0.39, 0.29) is 43.7 Å². The maximum absolute atomic E-state index is 13.4. The van der Waals surface area contributed by atoms with E-state index in [0.717, 1.165) is 10.7 Å². The fourth-order valence-corrected chi connectivity index (χ4v) is 3.93. The molecule has 4 rings (SSSR count). The number of halogens is 1. The predicted octanol–water partition coefficient (Wildman–Crippen LogP) is 3.94. The minimum absolute atomic E-state index is 0.0506. The van der Waals surface area contributed by atoms with Crippen LogP contribution in [-0.4, -0.2) is 29.9 Å². The van der Waals surface area contributed by atoms with Crippen LogP contribution in [0.1, 0.15) is 17.1 Å².